The molecule has 5 nitrogen and oxygen atoms in total. The molecule has 0 radical (unpaired) electrons. The quantitative estimate of drug-likeness (QED) is 0.325. The molecule has 0 unspecified atom stereocenters. The average Bonchev–Trinajstić information content (AvgIpc) is 3.17. The zero-order valence-electron chi connectivity index (χ0n) is 17.7. The molecule has 4 rings (SSSR count). The van der Waals surface area contributed by atoms with Gasteiger partial charge in [0.05, 0.1) is 24.7 Å². The number of para-hydroxylation sites is 3. The summed E-state index contributed by atoms with van der Waals surface area (Å²) in [6.45, 7) is 5.40. The monoisotopic (exact) mass is 414 g/mol. The van der Waals surface area contributed by atoms with Gasteiger partial charge in [0.2, 0.25) is 0 Å². The van der Waals surface area contributed by atoms with E-state index in [-0.39, 0.29) is 0 Å². The second-order valence-corrected chi connectivity index (χ2v) is 7.08. The Balaban J connectivity index is 1.49. The van der Waals surface area contributed by atoms with Crippen LogP contribution in [0.1, 0.15) is 11.4 Å². The molecule has 0 aliphatic carbocycles. The number of aromatic nitrogens is 2. The van der Waals surface area contributed by atoms with Crippen LogP contribution in [-0.2, 0) is 19.6 Å². The molecule has 0 aliphatic heterocycles. The van der Waals surface area contributed by atoms with Crippen LogP contribution in [0.5, 0.6) is 17.2 Å². The maximum Gasteiger partial charge on any atom is 0.148 e. The van der Waals surface area contributed by atoms with Crippen LogP contribution in [0.4, 0.5) is 0 Å². The first-order valence-corrected chi connectivity index (χ1v) is 10.3. The summed E-state index contributed by atoms with van der Waals surface area (Å²) in [4.78, 5) is 4.78. The molecule has 0 saturated carbocycles. The number of rotatable bonds is 10. The summed E-state index contributed by atoms with van der Waals surface area (Å²) in [5.41, 5.74) is 3.15. The molecular weight excluding hydrogens is 388 g/mol. The summed E-state index contributed by atoms with van der Waals surface area (Å²) >= 11 is 0. The van der Waals surface area contributed by atoms with E-state index in [9.17, 15) is 0 Å². The number of hydrogen-bond donors (Lipinski definition) is 0. The molecule has 0 amide bonds. The van der Waals surface area contributed by atoms with E-state index < -0.39 is 0 Å². The van der Waals surface area contributed by atoms with Crippen molar-refractivity contribution in [3.63, 3.8) is 0 Å². The number of benzene rings is 3. The minimum absolute atomic E-state index is 0.369. The van der Waals surface area contributed by atoms with Crippen LogP contribution in [0.25, 0.3) is 11.0 Å². The van der Waals surface area contributed by atoms with Crippen LogP contribution in [0.15, 0.2) is 85.5 Å². The number of methoxy groups -OCH3 is 1. The average molecular weight is 415 g/mol. The van der Waals surface area contributed by atoms with Crippen molar-refractivity contribution < 1.29 is 14.2 Å². The molecule has 4 aromatic rings. The van der Waals surface area contributed by atoms with Crippen LogP contribution in [0.2, 0.25) is 0 Å². The molecule has 3 aromatic carbocycles. The molecule has 31 heavy (non-hydrogen) atoms. The van der Waals surface area contributed by atoms with E-state index in [0.717, 1.165) is 46.1 Å². The Bertz CT molecular complexity index is 1150. The Hall–Kier alpha value is -3.73. The van der Waals surface area contributed by atoms with Crippen molar-refractivity contribution in [2.45, 2.75) is 19.6 Å². The minimum atomic E-state index is 0.369. The second-order valence-electron chi connectivity index (χ2n) is 7.08. The maximum absolute atomic E-state index is 6.10. The van der Waals surface area contributed by atoms with Gasteiger partial charge in [-0.05, 0) is 54.4 Å². The first-order valence-electron chi connectivity index (χ1n) is 10.3. The normalized spacial score (nSPS) is 10.7. The second kappa shape index (κ2) is 9.85. The highest BCUT2D eigenvalue weighted by molar-refractivity contribution is 5.75. The Morgan fingerprint density at radius 3 is 2.45 bits per heavy atom. The van der Waals surface area contributed by atoms with Gasteiger partial charge in [-0.1, -0.05) is 36.4 Å². The lowest BCUT2D eigenvalue weighted by atomic mass is 10.1. The fourth-order valence-corrected chi connectivity index (χ4v) is 3.52. The van der Waals surface area contributed by atoms with Crippen molar-refractivity contribution in [1.82, 2.24) is 9.55 Å². The molecule has 5 heteroatoms. The lowest BCUT2D eigenvalue weighted by Crippen LogP contribution is -2.13. The SMILES string of the molecule is C=CCc1ccccc1OCCn1c(COc2ccc(OC)cc2)nc2ccccc21. The number of imidazole rings is 1. The first kappa shape index (κ1) is 20.5. The van der Waals surface area contributed by atoms with E-state index in [4.69, 9.17) is 19.2 Å². The Morgan fingerprint density at radius 1 is 0.903 bits per heavy atom. The molecule has 0 spiro atoms. The van der Waals surface area contributed by atoms with Crippen molar-refractivity contribution in [3.05, 3.63) is 96.8 Å². The third kappa shape index (κ3) is 4.89. The highest BCUT2D eigenvalue weighted by Crippen LogP contribution is 2.22. The Kier molecular flexibility index (Phi) is 6.53. The summed E-state index contributed by atoms with van der Waals surface area (Å²) in [7, 11) is 1.65. The van der Waals surface area contributed by atoms with Crippen LogP contribution < -0.4 is 14.2 Å². The van der Waals surface area contributed by atoms with E-state index in [1.165, 1.54) is 0 Å². The zero-order chi connectivity index (χ0) is 21.5. The number of allylic oxidation sites excluding steroid dienone is 1. The van der Waals surface area contributed by atoms with Crippen molar-refractivity contribution >= 4 is 11.0 Å². The molecule has 0 aliphatic rings. The van der Waals surface area contributed by atoms with E-state index >= 15 is 0 Å². The van der Waals surface area contributed by atoms with E-state index in [1.807, 2.05) is 66.7 Å². The Morgan fingerprint density at radius 2 is 1.65 bits per heavy atom. The van der Waals surface area contributed by atoms with Crippen molar-refractivity contribution in [2.24, 2.45) is 0 Å². The zero-order valence-corrected chi connectivity index (χ0v) is 17.7. The number of fused-ring (bicyclic) bond motifs is 1. The smallest absolute Gasteiger partial charge is 0.148 e. The first-order chi connectivity index (χ1) is 15.3. The van der Waals surface area contributed by atoms with E-state index in [2.05, 4.69) is 23.3 Å². The van der Waals surface area contributed by atoms with Gasteiger partial charge in [-0.25, -0.2) is 4.98 Å². The molecule has 0 N–H and O–H groups in total. The summed E-state index contributed by atoms with van der Waals surface area (Å²) in [5.74, 6) is 3.32. The van der Waals surface area contributed by atoms with Crippen molar-refractivity contribution in [3.8, 4) is 17.2 Å². The third-order valence-electron chi connectivity index (χ3n) is 5.07. The summed E-state index contributed by atoms with van der Waals surface area (Å²) < 4.78 is 19.5. The third-order valence-corrected chi connectivity index (χ3v) is 5.07. The number of hydrogen-bond acceptors (Lipinski definition) is 4. The summed E-state index contributed by atoms with van der Waals surface area (Å²) in [6, 6.07) is 23.7. The van der Waals surface area contributed by atoms with Crippen molar-refractivity contribution in [2.75, 3.05) is 13.7 Å². The van der Waals surface area contributed by atoms with Gasteiger partial charge in [0.1, 0.15) is 36.3 Å². The van der Waals surface area contributed by atoms with Gasteiger partial charge < -0.3 is 18.8 Å². The summed E-state index contributed by atoms with van der Waals surface area (Å²) in [6.07, 6.45) is 2.67. The van der Waals surface area contributed by atoms with Gasteiger partial charge in [0.15, 0.2) is 0 Å². The molecule has 0 bridgehead atoms. The van der Waals surface area contributed by atoms with Crippen molar-refractivity contribution in [1.29, 1.82) is 0 Å². The highest BCUT2D eigenvalue weighted by atomic mass is 16.5. The minimum Gasteiger partial charge on any atom is -0.497 e. The molecule has 0 atom stereocenters. The van der Waals surface area contributed by atoms with E-state index in [1.54, 1.807) is 7.11 Å². The largest absolute Gasteiger partial charge is 0.497 e. The molecule has 1 aromatic heterocycles. The topological polar surface area (TPSA) is 45.5 Å². The lowest BCUT2D eigenvalue weighted by molar-refractivity contribution is 0.271. The van der Waals surface area contributed by atoms with Gasteiger partial charge in [0.25, 0.3) is 0 Å². The van der Waals surface area contributed by atoms with Gasteiger partial charge >= 0.3 is 0 Å². The fourth-order valence-electron chi connectivity index (χ4n) is 3.52. The predicted octanol–water partition coefficient (Wildman–Crippen LogP) is 5.43. The molecule has 158 valence electrons. The molecule has 1 heterocycles. The Labute approximate surface area is 182 Å². The van der Waals surface area contributed by atoms with Gasteiger partial charge in [-0.2, -0.15) is 0 Å². The number of ether oxygens (including phenoxy) is 3. The number of nitrogens with zero attached hydrogens (tertiary/aromatic N) is 2. The van der Waals surface area contributed by atoms with E-state index in [0.29, 0.717) is 19.8 Å². The van der Waals surface area contributed by atoms with Crippen LogP contribution >= 0.6 is 0 Å². The molecule has 0 saturated heterocycles. The van der Waals surface area contributed by atoms with Crippen LogP contribution in [0, 0.1) is 0 Å². The van der Waals surface area contributed by atoms with Gasteiger partial charge in [-0.3, -0.25) is 0 Å². The van der Waals surface area contributed by atoms with Gasteiger partial charge in [0, 0.05) is 0 Å². The fraction of sp³-hybridized carbons (Fsp3) is 0.192. The highest BCUT2D eigenvalue weighted by Gasteiger charge is 2.12. The van der Waals surface area contributed by atoms with Crippen LogP contribution in [0.3, 0.4) is 0 Å². The predicted molar refractivity (Wildman–Crippen MR) is 123 cm³/mol. The van der Waals surface area contributed by atoms with Crippen LogP contribution in [-0.4, -0.2) is 23.3 Å². The maximum atomic E-state index is 6.10. The van der Waals surface area contributed by atoms with Gasteiger partial charge in [-0.15, -0.1) is 6.58 Å². The standard InChI is InChI=1S/C26H26N2O3/c1-3-8-20-9-4-7-12-25(20)30-18-17-28-24-11-6-5-10-23(24)27-26(28)19-31-22-15-13-21(29-2)14-16-22/h3-7,9-16H,1,8,17-19H2,2H3. The summed E-state index contributed by atoms with van der Waals surface area (Å²) in [5, 5.41) is 0. The molecule has 0 fully saturated rings. The molecular formula is C26H26N2O3. The lowest BCUT2D eigenvalue weighted by Gasteiger charge is -2.13.